The minimum absolute atomic E-state index is 0. The Labute approximate surface area is 223 Å². The molecular weight excluding hydrogens is 645 g/mol. The summed E-state index contributed by atoms with van der Waals surface area (Å²) in [6.07, 6.45) is 0. The molecular formula is C16H20Cl6Fe2O4S2-. The van der Waals surface area contributed by atoms with Gasteiger partial charge in [0.25, 0.3) is 0 Å². The van der Waals surface area contributed by atoms with Gasteiger partial charge in [-0.05, 0) is 27.7 Å². The molecule has 30 heavy (non-hydrogen) atoms. The fourth-order valence-electron chi connectivity index (χ4n) is 2.53. The van der Waals surface area contributed by atoms with E-state index in [2.05, 4.69) is 27.7 Å². The second kappa shape index (κ2) is 16.9. The third-order valence-corrected chi connectivity index (χ3v) is 5.42. The third-order valence-electron chi connectivity index (χ3n) is 3.46. The van der Waals surface area contributed by atoms with Gasteiger partial charge in [0, 0.05) is 19.5 Å². The van der Waals surface area contributed by atoms with Crippen molar-refractivity contribution in [2.75, 3.05) is 26.4 Å². The predicted molar refractivity (Wildman–Crippen MR) is 119 cm³/mol. The molecule has 0 fully saturated rings. The number of hydrogen-bond donors (Lipinski definition) is 0. The fourth-order valence-corrected chi connectivity index (χ4v) is 4.42. The molecule has 0 aliphatic carbocycles. The van der Waals surface area contributed by atoms with Crippen molar-refractivity contribution in [3.05, 3.63) is 19.5 Å². The molecule has 2 aromatic heterocycles. The summed E-state index contributed by atoms with van der Waals surface area (Å²) in [5.74, 6) is 3.83. The Morgan fingerprint density at radius 3 is 0.967 bits per heavy atom. The molecule has 0 spiro atoms. The molecule has 0 atom stereocenters. The van der Waals surface area contributed by atoms with Crippen molar-refractivity contribution in [2.45, 2.75) is 27.7 Å². The number of ether oxygens (including phenoxy) is 4. The molecule has 2 aliphatic rings. The van der Waals surface area contributed by atoms with Gasteiger partial charge in [-0.15, -0.1) is 22.7 Å². The molecule has 0 amide bonds. The number of fused-ring (bicyclic) bond motifs is 2. The summed E-state index contributed by atoms with van der Waals surface area (Å²) in [6, 6.07) is 0. The van der Waals surface area contributed by atoms with Crippen LogP contribution in [0.1, 0.15) is 19.5 Å². The Morgan fingerprint density at radius 1 is 0.633 bits per heavy atom. The first-order valence-corrected chi connectivity index (χ1v) is 17.2. The number of aryl methyl sites for hydroxylation is 4. The molecule has 2 aromatic rings. The van der Waals surface area contributed by atoms with Gasteiger partial charge in [-0.2, -0.15) is 0 Å². The van der Waals surface area contributed by atoms with Gasteiger partial charge in [0.2, 0.25) is 0 Å². The Bertz CT molecular complexity index is 647. The van der Waals surface area contributed by atoms with Crippen molar-refractivity contribution in [1.82, 2.24) is 0 Å². The van der Waals surface area contributed by atoms with Crippen LogP contribution >= 0.6 is 73.2 Å². The van der Waals surface area contributed by atoms with Crippen LogP contribution < -0.4 is 31.4 Å². The van der Waals surface area contributed by atoms with Gasteiger partial charge < -0.3 is 31.4 Å². The van der Waals surface area contributed by atoms with Gasteiger partial charge in [-0.25, -0.2) is 0 Å². The molecule has 0 radical (unpaired) electrons. The molecule has 14 heteroatoms. The van der Waals surface area contributed by atoms with E-state index in [1.807, 2.05) is 0 Å². The van der Waals surface area contributed by atoms with Crippen molar-refractivity contribution < 1.29 is 55.7 Å². The Hall–Kier alpha value is 1.38. The molecule has 0 unspecified atom stereocenters. The first-order chi connectivity index (χ1) is 13.7. The monoisotopic (exact) mass is 662 g/mol. The first-order valence-electron chi connectivity index (χ1n) is 7.96. The van der Waals surface area contributed by atoms with Crippen LogP contribution in [0.4, 0.5) is 0 Å². The number of rotatable bonds is 0. The second-order valence-corrected chi connectivity index (χ2v) is 15.5. The van der Waals surface area contributed by atoms with Gasteiger partial charge >= 0.3 is 74.8 Å². The summed E-state index contributed by atoms with van der Waals surface area (Å²) in [5, 5.41) is 0. The zero-order valence-corrected chi connectivity index (χ0v) is 24.6. The SMILES string of the molecule is Cc1sc(C)c2c1OCCO2.Cc1sc(C)c2c1OCCO2.[Cl-].[Cl][Fe]([Cl])[Cl].[Cl][Fe][Cl]. The van der Waals surface area contributed by atoms with E-state index in [0.29, 0.717) is 26.4 Å². The predicted octanol–water partition coefficient (Wildman–Crippen LogP) is 4.72. The minimum atomic E-state index is -1.33. The molecule has 0 bridgehead atoms. The number of hydrogen-bond acceptors (Lipinski definition) is 6. The van der Waals surface area contributed by atoms with E-state index in [-0.39, 0.29) is 25.5 Å². The zero-order chi connectivity index (χ0) is 22.0. The Kier molecular flexibility index (Phi) is 17.7. The van der Waals surface area contributed by atoms with Gasteiger partial charge in [-0.3, -0.25) is 0 Å². The second-order valence-electron chi connectivity index (χ2n) is 5.34. The standard InChI is InChI=1S/2C8H10O2S.6ClH.2Fe/c2*1-5-7-8(6(2)11-5)10-4-3-9-7;;;;;;;;/h2*3-4H2,1-2H3;6*1H;;/q;;;;;;;;+2;+3/p-6. The van der Waals surface area contributed by atoms with Gasteiger partial charge in [-0.1, -0.05) is 0 Å². The molecule has 179 valence electrons. The zero-order valence-electron chi connectivity index (χ0n) is 16.3. The average molecular weight is 665 g/mol. The average Bonchev–Trinajstić information content (AvgIpc) is 3.13. The van der Waals surface area contributed by atoms with Crippen molar-refractivity contribution >= 4 is 73.2 Å². The van der Waals surface area contributed by atoms with E-state index in [4.69, 9.17) is 69.4 Å². The summed E-state index contributed by atoms with van der Waals surface area (Å²) in [4.78, 5) is 4.88. The maximum atomic E-state index is 5.46. The van der Waals surface area contributed by atoms with Gasteiger partial charge in [0.1, 0.15) is 26.4 Å². The van der Waals surface area contributed by atoms with E-state index in [9.17, 15) is 0 Å². The summed E-state index contributed by atoms with van der Waals surface area (Å²) >= 11 is 2.33. The molecule has 0 saturated carbocycles. The van der Waals surface area contributed by atoms with Crippen LogP contribution in [0.15, 0.2) is 0 Å². The molecule has 0 N–H and O–H groups in total. The van der Waals surface area contributed by atoms with Crippen LogP contribution in [0.25, 0.3) is 0 Å². The van der Waals surface area contributed by atoms with E-state index in [1.165, 1.54) is 19.5 Å². The summed E-state index contributed by atoms with van der Waals surface area (Å²) < 4.78 is 21.8. The Balaban J connectivity index is 0.000000421. The third kappa shape index (κ3) is 10.5. The fraction of sp³-hybridized carbons (Fsp3) is 0.500. The van der Waals surface area contributed by atoms with E-state index >= 15 is 0 Å². The van der Waals surface area contributed by atoms with Crippen LogP contribution in [0.3, 0.4) is 0 Å². The number of halogens is 6. The van der Waals surface area contributed by atoms with E-state index < -0.39 is 11.2 Å². The van der Waals surface area contributed by atoms with Gasteiger partial charge in [0.15, 0.2) is 23.0 Å². The normalized spacial score (nSPS) is 13.3. The first kappa shape index (κ1) is 31.4. The molecule has 4 heterocycles. The van der Waals surface area contributed by atoms with Gasteiger partial charge in [0.05, 0.1) is 0 Å². The van der Waals surface area contributed by atoms with Crippen molar-refractivity contribution in [2.24, 2.45) is 0 Å². The molecule has 0 aromatic carbocycles. The summed E-state index contributed by atoms with van der Waals surface area (Å²) in [5.41, 5.74) is 0. The van der Waals surface area contributed by atoms with Crippen LogP contribution in [0.5, 0.6) is 23.0 Å². The van der Waals surface area contributed by atoms with Crippen molar-refractivity contribution in [3.8, 4) is 23.0 Å². The topological polar surface area (TPSA) is 36.9 Å². The molecule has 2 aliphatic heterocycles. The molecule has 4 nitrogen and oxygen atoms in total. The van der Waals surface area contributed by atoms with Crippen molar-refractivity contribution in [3.63, 3.8) is 0 Å². The van der Waals surface area contributed by atoms with Crippen LogP contribution in [-0.2, 0) is 24.3 Å². The summed E-state index contributed by atoms with van der Waals surface area (Å²) in [7, 11) is 24.2. The van der Waals surface area contributed by atoms with Crippen molar-refractivity contribution in [1.29, 1.82) is 0 Å². The molecule has 4 rings (SSSR count). The number of thiophene rings is 2. The molecule has 0 saturated heterocycles. The van der Waals surface area contributed by atoms with Crippen LogP contribution in [0.2, 0.25) is 0 Å². The van der Waals surface area contributed by atoms with Crippen LogP contribution in [0, 0.1) is 27.7 Å². The quantitative estimate of drug-likeness (QED) is 0.383. The van der Waals surface area contributed by atoms with E-state index in [1.54, 1.807) is 22.7 Å². The Morgan fingerprint density at radius 2 is 0.800 bits per heavy atom. The summed E-state index contributed by atoms with van der Waals surface area (Å²) in [6.45, 7) is 11.0. The van der Waals surface area contributed by atoms with E-state index in [0.717, 1.165) is 23.0 Å². The van der Waals surface area contributed by atoms with Crippen LogP contribution in [-0.4, -0.2) is 26.4 Å². The maximum absolute atomic E-state index is 5.46.